The molecule has 1 saturated carbocycles. The Labute approximate surface area is 134 Å². The Morgan fingerprint density at radius 3 is 2.52 bits per heavy atom. The lowest BCUT2D eigenvalue weighted by atomic mass is 9.78. The lowest BCUT2D eigenvalue weighted by Crippen LogP contribution is -2.36. The van der Waals surface area contributed by atoms with Crippen molar-refractivity contribution in [2.45, 2.75) is 39.2 Å². The number of nitrogens with one attached hydrogen (secondary N) is 2. The van der Waals surface area contributed by atoms with Crippen molar-refractivity contribution in [3.63, 3.8) is 0 Å². The van der Waals surface area contributed by atoms with Gasteiger partial charge in [-0.05, 0) is 19.8 Å². The van der Waals surface area contributed by atoms with Crippen LogP contribution in [0.4, 0.5) is 5.69 Å². The monoisotopic (exact) mass is 322 g/mol. The minimum atomic E-state index is -0.944. The summed E-state index contributed by atoms with van der Waals surface area (Å²) in [6.07, 6.45) is 4.28. The zero-order valence-corrected chi connectivity index (χ0v) is 13.3. The molecule has 8 nitrogen and oxygen atoms in total. The average molecular weight is 322 g/mol. The van der Waals surface area contributed by atoms with E-state index in [0.29, 0.717) is 25.1 Å². The molecule has 2 amide bonds. The molecule has 0 unspecified atom stereocenters. The first-order valence-electron chi connectivity index (χ1n) is 7.81. The Morgan fingerprint density at radius 2 is 1.96 bits per heavy atom. The normalized spacial score (nSPS) is 20.8. The molecule has 1 aliphatic carbocycles. The predicted molar refractivity (Wildman–Crippen MR) is 83.0 cm³/mol. The molecule has 1 aromatic rings. The largest absolute Gasteiger partial charge is 0.481 e. The molecule has 0 bridgehead atoms. The van der Waals surface area contributed by atoms with Crippen molar-refractivity contribution < 1.29 is 19.5 Å². The number of amides is 2. The van der Waals surface area contributed by atoms with E-state index in [4.69, 9.17) is 0 Å². The summed E-state index contributed by atoms with van der Waals surface area (Å²) in [5.41, 5.74) is 0.441. The smallest absolute Gasteiger partial charge is 0.307 e. The van der Waals surface area contributed by atoms with Crippen molar-refractivity contribution in [2.75, 3.05) is 12.4 Å². The van der Waals surface area contributed by atoms with Crippen molar-refractivity contribution in [2.24, 2.45) is 11.8 Å². The van der Waals surface area contributed by atoms with Gasteiger partial charge in [0, 0.05) is 19.8 Å². The summed E-state index contributed by atoms with van der Waals surface area (Å²) in [5.74, 6) is -2.96. The second-order valence-corrected chi connectivity index (χ2v) is 5.65. The van der Waals surface area contributed by atoms with Gasteiger partial charge in [-0.15, -0.1) is 0 Å². The zero-order valence-electron chi connectivity index (χ0n) is 13.3. The van der Waals surface area contributed by atoms with Crippen molar-refractivity contribution in [3.8, 4) is 0 Å². The Morgan fingerprint density at radius 1 is 1.30 bits per heavy atom. The van der Waals surface area contributed by atoms with E-state index >= 15 is 0 Å². The molecule has 1 heterocycles. The minimum absolute atomic E-state index is 0.130. The maximum absolute atomic E-state index is 12.5. The lowest BCUT2D eigenvalue weighted by molar-refractivity contribution is -0.147. The number of aryl methyl sites for hydroxylation is 1. The predicted octanol–water partition coefficient (Wildman–Crippen LogP) is 1.09. The van der Waals surface area contributed by atoms with Gasteiger partial charge in [-0.2, -0.15) is 5.10 Å². The highest BCUT2D eigenvalue weighted by atomic mass is 16.4. The molecule has 126 valence electrons. The van der Waals surface area contributed by atoms with Gasteiger partial charge < -0.3 is 15.7 Å². The number of carboxylic acids is 1. The number of carbonyl (C=O) groups excluding carboxylic acids is 2. The van der Waals surface area contributed by atoms with Crippen LogP contribution in [-0.2, 0) is 16.1 Å². The van der Waals surface area contributed by atoms with Crippen LogP contribution in [0.3, 0.4) is 0 Å². The first kappa shape index (κ1) is 17.0. The number of nitrogens with zero attached hydrogens (tertiary/aromatic N) is 2. The lowest BCUT2D eigenvalue weighted by Gasteiger charge is -2.27. The van der Waals surface area contributed by atoms with Gasteiger partial charge >= 0.3 is 5.97 Å². The molecule has 2 rings (SSSR count). The Bertz CT molecular complexity index is 611. The Balaban J connectivity index is 2.20. The van der Waals surface area contributed by atoms with Gasteiger partial charge in [0.25, 0.3) is 5.91 Å². The number of anilines is 1. The highest BCUT2D eigenvalue weighted by Crippen LogP contribution is 2.31. The molecule has 1 aliphatic rings. The third kappa shape index (κ3) is 3.69. The average Bonchev–Trinajstić information content (AvgIpc) is 2.97. The highest BCUT2D eigenvalue weighted by molar-refractivity contribution is 6.03. The molecule has 0 aliphatic heterocycles. The second kappa shape index (κ2) is 7.26. The van der Waals surface area contributed by atoms with Crippen LogP contribution in [0.1, 0.15) is 43.1 Å². The van der Waals surface area contributed by atoms with Gasteiger partial charge in [0.15, 0.2) is 5.69 Å². The maximum Gasteiger partial charge on any atom is 0.307 e. The van der Waals surface area contributed by atoms with Crippen LogP contribution in [-0.4, -0.2) is 39.7 Å². The molecule has 0 saturated heterocycles. The number of aliphatic carboxylic acids is 1. The van der Waals surface area contributed by atoms with E-state index in [0.717, 1.165) is 12.8 Å². The number of aromatic nitrogens is 2. The summed E-state index contributed by atoms with van der Waals surface area (Å²) in [5, 5.41) is 18.6. The molecule has 1 aromatic heterocycles. The van der Waals surface area contributed by atoms with Crippen LogP contribution in [0.5, 0.6) is 0 Å². The topological polar surface area (TPSA) is 113 Å². The summed E-state index contributed by atoms with van der Waals surface area (Å²) < 4.78 is 1.55. The third-order valence-electron chi connectivity index (χ3n) is 4.21. The number of rotatable bonds is 5. The van der Waals surface area contributed by atoms with Crippen molar-refractivity contribution >= 4 is 23.5 Å². The van der Waals surface area contributed by atoms with E-state index in [2.05, 4.69) is 15.7 Å². The van der Waals surface area contributed by atoms with E-state index in [1.807, 2.05) is 6.92 Å². The molecule has 8 heteroatoms. The molecule has 2 atom stereocenters. The summed E-state index contributed by atoms with van der Waals surface area (Å²) in [6, 6.07) is 0. The maximum atomic E-state index is 12.5. The number of carbonyl (C=O) groups is 3. The van der Waals surface area contributed by atoms with Crippen LogP contribution in [0.2, 0.25) is 0 Å². The molecule has 1 fully saturated rings. The molecular formula is C15H22N4O4. The zero-order chi connectivity index (χ0) is 17.0. The summed E-state index contributed by atoms with van der Waals surface area (Å²) >= 11 is 0. The minimum Gasteiger partial charge on any atom is -0.481 e. The SMILES string of the molecule is CCn1cc(NC(=O)[C@H]2CCCC[C@@H]2C(=O)O)c(C(=O)NC)n1. The fraction of sp³-hybridized carbons (Fsp3) is 0.600. The summed E-state index contributed by atoms with van der Waals surface area (Å²) in [6.45, 7) is 2.43. The number of hydrogen-bond donors (Lipinski definition) is 3. The van der Waals surface area contributed by atoms with E-state index < -0.39 is 23.7 Å². The molecule has 0 radical (unpaired) electrons. The van der Waals surface area contributed by atoms with Crippen LogP contribution < -0.4 is 10.6 Å². The van der Waals surface area contributed by atoms with Crippen LogP contribution in [0.15, 0.2) is 6.20 Å². The van der Waals surface area contributed by atoms with Gasteiger partial charge in [-0.25, -0.2) is 0 Å². The number of hydrogen-bond acceptors (Lipinski definition) is 4. The van der Waals surface area contributed by atoms with Gasteiger partial charge in [0.2, 0.25) is 5.91 Å². The molecule has 23 heavy (non-hydrogen) atoms. The van der Waals surface area contributed by atoms with Gasteiger partial charge in [-0.3, -0.25) is 19.1 Å². The fourth-order valence-corrected chi connectivity index (χ4v) is 2.93. The summed E-state index contributed by atoms with van der Waals surface area (Å²) in [7, 11) is 1.49. The highest BCUT2D eigenvalue weighted by Gasteiger charge is 2.36. The quantitative estimate of drug-likeness (QED) is 0.751. The van der Waals surface area contributed by atoms with Gasteiger partial charge in [-0.1, -0.05) is 12.8 Å². The van der Waals surface area contributed by atoms with E-state index in [-0.39, 0.29) is 11.6 Å². The Kier molecular flexibility index (Phi) is 5.36. The van der Waals surface area contributed by atoms with Crippen molar-refractivity contribution in [3.05, 3.63) is 11.9 Å². The molecule has 3 N–H and O–H groups in total. The van der Waals surface area contributed by atoms with E-state index in [9.17, 15) is 19.5 Å². The molecular weight excluding hydrogens is 300 g/mol. The van der Waals surface area contributed by atoms with Crippen LogP contribution >= 0.6 is 0 Å². The van der Waals surface area contributed by atoms with E-state index in [1.54, 1.807) is 10.9 Å². The number of carboxylic acid groups (broad SMARTS) is 1. The van der Waals surface area contributed by atoms with Crippen LogP contribution in [0, 0.1) is 11.8 Å². The first-order chi connectivity index (χ1) is 11.0. The van der Waals surface area contributed by atoms with Gasteiger partial charge in [0.1, 0.15) is 0 Å². The Hall–Kier alpha value is -2.38. The van der Waals surface area contributed by atoms with E-state index in [1.165, 1.54) is 7.05 Å². The summed E-state index contributed by atoms with van der Waals surface area (Å²) in [4.78, 5) is 35.7. The van der Waals surface area contributed by atoms with Crippen molar-refractivity contribution in [1.29, 1.82) is 0 Å². The van der Waals surface area contributed by atoms with Gasteiger partial charge in [0.05, 0.1) is 17.5 Å². The first-order valence-corrected chi connectivity index (χ1v) is 7.81. The standard InChI is InChI=1S/C15H22N4O4/c1-3-19-8-11(12(18-19)14(21)16-2)17-13(20)9-6-4-5-7-10(9)15(22)23/h8-10H,3-7H2,1-2H3,(H,16,21)(H,17,20)(H,22,23)/t9-,10-/m0/s1. The molecule has 0 spiro atoms. The second-order valence-electron chi connectivity index (χ2n) is 5.65. The van der Waals surface area contributed by atoms with Crippen LogP contribution in [0.25, 0.3) is 0 Å². The fourth-order valence-electron chi connectivity index (χ4n) is 2.93. The molecule has 0 aromatic carbocycles. The van der Waals surface area contributed by atoms with Crippen molar-refractivity contribution in [1.82, 2.24) is 15.1 Å². The third-order valence-corrected chi connectivity index (χ3v) is 4.21.